The van der Waals surface area contributed by atoms with Crippen LogP contribution in [0.15, 0.2) is 18.2 Å². The molecule has 0 radical (unpaired) electrons. The summed E-state index contributed by atoms with van der Waals surface area (Å²) in [6.45, 7) is 6.28. The van der Waals surface area contributed by atoms with Crippen molar-refractivity contribution in [3.05, 3.63) is 35.2 Å². The predicted octanol–water partition coefficient (Wildman–Crippen LogP) is 2.62. The highest BCUT2D eigenvalue weighted by Crippen LogP contribution is 2.42. The van der Waals surface area contributed by atoms with Gasteiger partial charge in [0.1, 0.15) is 0 Å². The molecule has 4 rings (SSSR count). The van der Waals surface area contributed by atoms with Crippen molar-refractivity contribution < 1.29 is 0 Å². The summed E-state index contributed by atoms with van der Waals surface area (Å²) in [5, 5.41) is 12.5. The molecule has 4 heteroatoms. The predicted molar refractivity (Wildman–Crippen MR) is 78.4 cm³/mol. The van der Waals surface area contributed by atoms with E-state index < -0.39 is 0 Å². The van der Waals surface area contributed by atoms with Gasteiger partial charge in [-0.1, -0.05) is 12.1 Å². The van der Waals surface area contributed by atoms with Crippen LogP contribution in [-0.2, 0) is 6.54 Å². The Bertz CT molecular complexity index is 654. The van der Waals surface area contributed by atoms with Crippen molar-refractivity contribution in [1.29, 1.82) is 0 Å². The zero-order valence-corrected chi connectivity index (χ0v) is 12.1. The van der Waals surface area contributed by atoms with E-state index >= 15 is 0 Å². The molecule has 1 aliphatic heterocycles. The Morgan fingerprint density at radius 1 is 1.15 bits per heavy atom. The lowest BCUT2D eigenvalue weighted by atomic mass is 10.1. The second-order valence-corrected chi connectivity index (χ2v) is 6.10. The Kier molecular flexibility index (Phi) is 2.67. The van der Waals surface area contributed by atoms with Crippen molar-refractivity contribution >= 4 is 0 Å². The minimum atomic E-state index is 0.413. The van der Waals surface area contributed by atoms with Gasteiger partial charge < -0.3 is 9.88 Å². The minimum absolute atomic E-state index is 0.413. The number of nitrogens with one attached hydrogen (secondary N) is 1. The summed E-state index contributed by atoms with van der Waals surface area (Å²) < 4.78 is 2.31. The van der Waals surface area contributed by atoms with E-state index in [0.717, 1.165) is 30.7 Å². The van der Waals surface area contributed by atoms with Gasteiger partial charge in [-0.3, -0.25) is 0 Å². The van der Waals surface area contributed by atoms with Gasteiger partial charge in [0.05, 0.1) is 6.04 Å². The van der Waals surface area contributed by atoms with E-state index in [2.05, 4.69) is 52.1 Å². The highest BCUT2D eigenvalue weighted by atomic mass is 15.3. The SMILES string of the molecule is Cc1ccc(-c2nnc3n2CCNC3C2CC2)cc1C. The molecule has 0 spiro atoms. The normalized spacial score (nSPS) is 21.8. The van der Waals surface area contributed by atoms with Crippen LogP contribution >= 0.6 is 0 Å². The van der Waals surface area contributed by atoms with Crippen molar-refractivity contribution in [3.8, 4) is 11.4 Å². The van der Waals surface area contributed by atoms with E-state index in [4.69, 9.17) is 0 Å². The fourth-order valence-corrected chi connectivity index (χ4v) is 3.09. The zero-order chi connectivity index (χ0) is 13.7. The summed E-state index contributed by atoms with van der Waals surface area (Å²) in [4.78, 5) is 0. The second-order valence-electron chi connectivity index (χ2n) is 6.10. The maximum atomic E-state index is 4.48. The van der Waals surface area contributed by atoms with E-state index in [0.29, 0.717) is 6.04 Å². The Morgan fingerprint density at radius 2 is 2.00 bits per heavy atom. The molecule has 1 saturated carbocycles. The first-order chi connectivity index (χ1) is 9.74. The lowest BCUT2D eigenvalue weighted by Crippen LogP contribution is -2.35. The van der Waals surface area contributed by atoms with Gasteiger partial charge in [0.25, 0.3) is 0 Å². The molecule has 2 aromatic rings. The van der Waals surface area contributed by atoms with Crippen molar-refractivity contribution in [2.45, 2.75) is 39.3 Å². The maximum Gasteiger partial charge on any atom is 0.164 e. The number of hydrogen-bond acceptors (Lipinski definition) is 3. The van der Waals surface area contributed by atoms with E-state index in [-0.39, 0.29) is 0 Å². The number of hydrogen-bond donors (Lipinski definition) is 1. The largest absolute Gasteiger partial charge is 0.308 e. The smallest absolute Gasteiger partial charge is 0.164 e. The molecule has 1 aromatic carbocycles. The lowest BCUT2D eigenvalue weighted by Gasteiger charge is -2.25. The van der Waals surface area contributed by atoms with Crippen molar-refractivity contribution in [2.75, 3.05) is 6.54 Å². The topological polar surface area (TPSA) is 42.7 Å². The van der Waals surface area contributed by atoms with Crippen LogP contribution in [0.5, 0.6) is 0 Å². The molecule has 1 aliphatic carbocycles. The van der Waals surface area contributed by atoms with Crippen LogP contribution in [0.25, 0.3) is 11.4 Å². The highest BCUT2D eigenvalue weighted by molar-refractivity contribution is 5.58. The van der Waals surface area contributed by atoms with Crippen molar-refractivity contribution in [3.63, 3.8) is 0 Å². The van der Waals surface area contributed by atoms with Crippen molar-refractivity contribution in [2.24, 2.45) is 5.92 Å². The molecule has 1 N–H and O–H groups in total. The van der Waals surface area contributed by atoms with Crippen LogP contribution in [0.4, 0.5) is 0 Å². The monoisotopic (exact) mass is 268 g/mol. The van der Waals surface area contributed by atoms with Crippen LogP contribution < -0.4 is 5.32 Å². The summed E-state index contributed by atoms with van der Waals surface area (Å²) in [5.74, 6) is 2.92. The van der Waals surface area contributed by atoms with Crippen molar-refractivity contribution in [1.82, 2.24) is 20.1 Å². The third-order valence-corrected chi connectivity index (χ3v) is 4.62. The van der Waals surface area contributed by atoms with Gasteiger partial charge in [-0.15, -0.1) is 10.2 Å². The van der Waals surface area contributed by atoms with Crippen LogP contribution in [0.2, 0.25) is 0 Å². The van der Waals surface area contributed by atoms with E-state index in [1.54, 1.807) is 0 Å². The molecule has 0 bridgehead atoms. The van der Waals surface area contributed by atoms with Gasteiger partial charge in [0.15, 0.2) is 11.6 Å². The summed E-state index contributed by atoms with van der Waals surface area (Å²) in [6, 6.07) is 6.97. The Hall–Kier alpha value is -1.68. The van der Waals surface area contributed by atoms with Gasteiger partial charge in [0.2, 0.25) is 0 Å². The third-order valence-electron chi connectivity index (χ3n) is 4.62. The molecule has 2 aliphatic rings. The van der Waals surface area contributed by atoms with Crippen LogP contribution in [0, 0.1) is 19.8 Å². The first kappa shape index (κ1) is 12.1. The van der Waals surface area contributed by atoms with Crippen LogP contribution in [0.1, 0.15) is 35.8 Å². The number of aromatic nitrogens is 3. The standard InChI is InChI=1S/C16H20N4/c1-10-3-4-13(9-11(10)2)15-18-19-16-14(12-5-6-12)17-7-8-20(15)16/h3-4,9,12,14,17H,5-8H2,1-2H3. The molecule has 1 fully saturated rings. The molecule has 4 nitrogen and oxygen atoms in total. The first-order valence-electron chi connectivity index (χ1n) is 7.48. The quantitative estimate of drug-likeness (QED) is 0.910. The molecule has 0 amide bonds. The van der Waals surface area contributed by atoms with Gasteiger partial charge >= 0.3 is 0 Å². The molecule has 0 saturated heterocycles. The van der Waals surface area contributed by atoms with Crippen LogP contribution in [-0.4, -0.2) is 21.3 Å². The zero-order valence-electron chi connectivity index (χ0n) is 12.1. The van der Waals surface area contributed by atoms with E-state index in [1.807, 2.05) is 0 Å². The minimum Gasteiger partial charge on any atom is -0.308 e. The van der Waals surface area contributed by atoms with Gasteiger partial charge in [-0.2, -0.15) is 0 Å². The van der Waals surface area contributed by atoms with E-state index in [9.17, 15) is 0 Å². The number of rotatable bonds is 2. The summed E-state index contributed by atoms with van der Waals surface area (Å²) in [7, 11) is 0. The average Bonchev–Trinajstić information content (AvgIpc) is 3.21. The highest BCUT2D eigenvalue weighted by Gasteiger charge is 2.37. The van der Waals surface area contributed by atoms with Gasteiger partial charge in [-0.25, -0.2) is 0 Å². The molecule has 1 atom stereocenters. The van der Waals surface area contributed by atoms with Crippen LogP contribution in [0.3, 0.4) is 0 Å². The molecular formula is C16H20N4. The van der Waals surface area contributed by atoms with Gasteiger partial charge in [0, 0.05) is 18.7 Å². The second kappa shape index (κ2) is 4.42. The molecule has 20 heavy (non-hydrogen) atoms. The first-order valence-corrected chi connectivity index (χ1v) is 7.48. The van der Waals surface area contributed by atoms with E-state index in [1.165, 1.54) is 29.5 Å². The number of fused-ring (bicyclic) bond motifs is 1. The molecule has 1 unspecified atom stereocenters. The fourth-order valence-electron chi connectivity index (χ4n) is 3.09. The Morgan fingerprint density at radius 3 is 2.75 bits per heavy atom. The summed E-state index contributed by atoms with van der Waals surface area (Å²) >= 11 is 0. The number of aryl methyl sites for hydroxylation is 2. The molecule has 1 aromatic heterocycles. The summed E-state index contributed by atoms with van der Waals surface area (Å²) in [5.41, 5.74) is 3.82. The molecule has 104 valence electrons. The molecular weight excluding hydrogens is 248 g/mol. The number of benzene rings is 1. The Balaban J connectivity index is 1.77. The Labute approximate surface area is 119 Å². The maximum absolute atomic E-state index is 4.48. The van der Waals surface area contributed by atoms with Gasteiger partial charge in [-0.05, 0) is 49.8 Å². The number of nitrogens with zero attached hydrogens (tertiary/aromatic N) is 3. The third kappa shape index (κ3) is 1.86. The molecule has 2 heterocycles. The summed E-state index contributed by atoms with van der Waals surface area (Å²) in [6.07, 6.45) is 2.65. The fraction of sp³-hybridized carbons (Fsp3) is 0.500. The average molecular weight is 268 g/mol. The lowest BCUT2D eigenvalue weighted by molar-refractivity contribution is 0.383.